The van der Waals surface area contributed by atoms with E-state index in [-0.39, 0.29) is 25.1 Å². The number of esters is 1. The van der Waals surface area contributed by atoms with Crippen molar-refractivity contribution in [1.82, 2.24) is 5.09 Å². The molecule has 1 aromatic carbocycles. The van der Waals surface area contributed by atoms with Gasteiger partial charge in [0.25, 0.3) is 0 Å². The monoisotopic (exact) mass is 329 g/mol. The summed E-state index contributed by atoms with van der Waals surface area (Å²) in [5, 5.41) is 3.25. The molecule has 0 heterocycles. The Morgan fingerprint density at radius 1 is 1.43 bits per heavy atom. The van der Waals surface area contributed by atoms with Gasteiger partial charge in [0.1, 0.15) is 6.54 Å². The van der Waals surface area contributed by atoms with E-state index in [1.165, 1.54) is 6.07 Å². The predicted octanol–water partition coefficient (Wildman–Crippen LogP) is 2.33. The molecule has 5 nitrogen and oxygen atoms in total. The number of rotatable bonds is 7. The SMILES string of the molecule is C#Cc1ccc(Cl)cc1P(=O)(NCC(=O)OCC)OCC. The van der Waals surface area contributed by atoms with E-state index in [2.05, 4.69) is 11.0 Å². The van der Waals surface area contributed by atoms with Crippen LogP contribution in [0.5, 0.6) is 0 Å². The third-order valence-electron chi connectivity index (χ3n) is 2.48. The summed E-state index contributed by atoms with van der Waals surface area (Å²) in [5.74, 6) is 1.91. The second-order valence-electron chi connectivity index (χ2n) is 3.91. The van der Waals surface area contributed by atoms with E-state index in [0.29, 0.717) is 10.6 Å². The van der Waals surface area contributed by atoms with Gasteiger partial charge in [-0.2, -0.15) is 0 Å². The maximum atomic E-state index is 13.0. The van der Waals surface area contributed by atoms with Gasteiger partial charge in [-0.15, -0.1) is 6.42 Å². The molecular formula is C14H17ClNO4P. The van der Waals surface area contributed by atoms with Crippen LogP contribution in [0.4, 0.5) is 0 Å². The molecule has 114 valence electrons. The first kappa shape index (κ1) is 17.7. The zero-order valence-electron chi connectivity index (χ0n) is 11.9. The van der Waals surface area contributed by atoms with Crippen LogP contribution in [-0.4, -0.2) is 25.7 Å². The first-order valence-corrected chi connectivity index (χ1v) is 8.39. The Balaban J connectivity index is 3.10. The molecular weight excluding hydrogens is 313 g/mol. The fraction of sp³-hybridized carbons (Fsp3) is 0.357. The number of benzene rings is 1. The highest BCUT2D eigenvalue weighted by molar-refractivity contribution is 7.65. The van der Waals surface area contributed by atoms with E-state index in [0.717, 1.165) is 0 Å². The number of halogens is 1. The first-order chi connectivity index (χ1) is 9.96. The lowest BCUT2D eigenvalue weighted by molar-refractivity contribution is -0.141. The number of carbonyl (C=O) groups excluding carboxylic acids is 1. The second kappa shape index (κ2) is 8.21. The fourth-order valence-corrected chi connectivity index (χ4v) is 3.75. The van der Waals surface area contributed by atoms with Crippen molar-refractivity contribution in [2.75, 3.05) is 19.8 Å². The molecule has 1 aromatic rings. The van der Waals surface area contributed by atoms with Gasteiger partial charge in [0, 0.05) is 10.6 Å². The Morgan fingerprint density at radius 3 is 2.71 bits per heavy atom. The molecule has 0 fully saturated rings. The van der Waals surface area contributed by atoms with Gasteiger partial charge < -0.3 is 9.26 Å². The predicted molar refractivity (Wildman–Crippen MR) is 82.9 cm³/mol. The molecule has 1 N–H and O–H groups in total. The molecule has 0 aliphatic carbocycles. The van der Waals surface area contributed by atoms with Crippen LogP contribution in [0, 0.1) is 12.3 Å². The molecule has 21 heavy (non-hydrogen) atoms. The van der Waals surface area contributed by atoms with Crippen molar-refractivity contribution in [3.8, 4) is 12.3 Å². The van der Waals surface area contributed by atoms with Crippen LogP contribution >= 0.6 is 19.1 Å². The Kier molecular flexibility index (Phi) is 6.94. The van der Waals surface area contributed by atoms with Crippen molar-refractivity contribution >= 4 is 30.4 Å². The summed E-state index contributed by atoms with van der Waals surface area (Å²) in [6, 6.07) is 4.66. The van der Waals surface area contributed by atoms with Crippen molar-refractivity contribution in [3.63, 3.8) is 0 Å². The number of hydrogen-bond acceptors (Lipinski definition) is 4. The maximum absolute atomic E-state index is 13.0. The van der Waals surface area contributed by atoms with Crippen LogP contribution in [0.2, 0.25) is 5.02 Å². The number of nitrogens with one attached hydrogen (secondary N) is 1. The third kappa shape index (κ3) is 4.87. The van der Waals surface area contributed by atoms with Gasteiger partial charge in [0.2, 0.25) is 0 Å². The van der Waals surface area contributed by atoms with Crippen LogP contribution in [-0.2, 0) is 18.6 Å². The molecule has 0 saturated heterocycles. The van der Waals surface area contributed by atoms with Gasteiger partial charge in [0.15, 0.2) is 0 Å². The highest BCUT2D eigenvalue weighted by atomic mass is 35.5. The van der Waals surface area contributed by atoms with E-state index in [1.807, 2.05) is 0 Å². The minimum absolute atomic E-state index is 0.184. The van der Waals surface area contributed by atoms with Crippen molar-refractivity contribution in [1.29, 1.82) is 0 Å². The van der Waals surface area contributed by atoms with Gasteiger partial charge in [-0.05, 0) is 32.0 Å². The lowest BCUT2D eigenvalue weighted by Crippen LogP contribution is -2.29. The van der Waals surface area contributed by atoms with Gasteiger partial charge >= 0.3 is 13.5 Å². The van der Waals surface area contributed by atoms with Crippen LogP contribution in [0.25, 0.3) is 0 Å². The molecule has 0 aliphatic heterocycles. The number of carbonyl (C=O) groups is 1. The third-order valence-corrected chi connectivity index (χ3v) is 4.92. The molecule has 0 spiro atoms. The first-order valence-electron chi connectivity index (χ1n) is 6.38. The molecule has 0 radical (unpaired) electrons. The van der Waals surface area contributed by atoms with Crippen LogP contribution in [0.3, 0.4) is 0 Å². The van der Waals surface area contributed by atoms with Crippen molar-refractivity contribution < 1.29 is 18.6 Å². The highest BCUT2D eigenvalue weighted by Crippen LogP contribution is 2.42. The second-order valence-corrected chi connectivity index (χ2v) is 6.51. The Hall–Kier alpha value is -1.31. The number of ether oxygens (including phenoxy) is 1. The summed E-state index contributed by atoms with van der Waals surface area (Å²) >= 11 is 5.93. The lowest BCUT2D eigenvalue weighted by Gasteiger charge is -2.20. The summed E-state index contributed by atoms with van der Waals surface area (Å²) < 4.78 is 23.1. The summed E-state index contributed by atoms with van der Waals surface area (Å²) in [4.78, 5) is 11.4. The topological polar surface area (TPSA) is 64.6 Å². The zero-order valence-corrected chi connectivity index (χ0v) is 13.5. The molecule has 7 heteroatoms. The Bertz CT molecular complexity index is 597. The standard InChI is InChI=1S/C14H17ClNO4P/c1-4-11-7-8-12(15)9-13(11)21(18,20-6-3)16-10-14(17)19-5-2/h1,7-9H,5-6,10H2,2-3H3,(H,16,18). The quantitative estimate of drug-likeness (QED) is 0.472. The Labute approximate surface area is 129 Å². The molecule has 0 aliphatic rings. The van der Waals surface area contributed by atoms with Crippen molar-refractivity contribution in [3.05, 3.63) is 28.8 Å². The average Bonchev–Trinajstić information content (AvgIpc) is 2.46. The fourth-order valence-electron chi connectivity index (χ4n) is 1.63. The van der Waals surface area contributed by atoms with Gasteiger partial charge in [0.05, 0.1) is 18.5 Å². The van der Waals surface area contributed by atoms with Crippen LogP contribution < -0.4 is 10.4 Å². The molecule has 1 unspecified atom stereocenters. The van der Waals surface area contributed by atoms with Gasteiger partial charge in [-0.25, -0.2) is 5.09 Å². The van der Waals surface area contributed by atoms with Gasteiger partial charge in [-0.3, -0.25) is 9.36 Å². The lowest BCUT2D eigenvalue weighted by atomic mass is 10.2. The van der Waals surface area contributed by atoms with Gasteiger partial charge in [-0.1, -0.05) is 17.5 Å². The van der Waals surface area contributed by atoms with Crippen molar-refractivity contribution in [2.24, 2.45) is 0 Å². The number of terminal acetylenes is 1. The van der Waals surface area contributed by atoms with E-state index in [1.54, 1.807) is 26.0 Å². The normalized spacial score (nSPS) is 13.2. The molecule has 0 bridgehead atoms. The molecule has 0 amide bonds. The van der Waals surface area contributed by atoms with E-state index in [9.17, 15) is 9.36 Å². The smallest absolute Gasteiger partial charge is 0.320 e. The minimum Gasteiger partial charge on any atom is -0.465 e. The minimum atomic E-state index is -3.51. The van der Waals surface area contributed by atoms with Crippen molar-refractivity contribution in [2.45, 2.75) is 13.8 Å². The molecule has 1 rings (SSSR count). The largest absolute Gasteiger partial charge is 0.465 e. The molecule has 0 saturated carbocycles. The van der Waals surface area contributed by atoms with Crippen LogP contribution in [0.15, 0.2) is 18.2 Å². The number of hydrogen-bond donors (Lipinski definition) is 1. The molecule has 1 atom stereocenters. The summed E-state index contributed by atoms with van der Waals surface area (Å²) in [7, 11) is -3.51. The highest BCUT2D eigenvalue weighted by Gasteiger charge is 2.29. The molecule has 0 aromatic heterocycles. The van der Waals surface area contributed by atoms with E-state index < -0.39 is 13.5 Å². The van der Waals surface area contributed by atoms with Crippen LogP contribution in [0.1, 0.15) is 19.4 Å². The summed E-state index contributed by atoms with van der Waals surface area (Å²) in [6.45, 7) is 3.56. The summed E-state index contributed by atoms with van der Waals surface area (Å²) in [6.07, 6.45) is 5.41. The zero-order chi connectivity index (χ0) is 15.9. The van der Waals surface area contributed by atoms with E-state index >= 15 is 0 Å². The Morgan fingerprint density at radius 2 is 2.14 bits per heavy atom. The van der Waals surface area contributed by atoms with E-state index in [4.69, 9.17) is 27.3 Å². The maximum Gasteiger partial charge on any atom is 0.320 e. The average molecular weight is 330 g/mol. The summed E-state index contributed by atoms with van der Waals surface area (Å²) in [5.41, 5.74) is 0.396.